The number of aromatic nitrogens is 1. The number of nitrogens with zero attached hydrogens (tertiary/aromatic N) is 1. The molecule has 0 saturated heterocycles. The van der Waals surface area contributed by atoms with E-state index in [0.717, 1.165) is 25.7 Å². The Bertz CT molecular complexity index is 417. The molecule has 0 aromatic carbocycles. The van der Waals surface area contributed by atoms with Crippen LogP contribution in [0.3, 0.4) is 0 Å². The zero-order valence-corrected chi connectivity index (χ0v) is 11.9. The van der Waals surface area contributed by atoms with Gasteiger partial charge in [0, 0.05) is 17.1 Å². The van der Waals surface area contributed by atoms with Crippen molar-refractivity contribution in [1.82, 2.24) is 10.3 Å². The van der Waals surface area contributed by atoms with Crippen molar-refractivity contribution in [2.75, 3.05) is 7.11 Å². The number of nitrogens with one attached hydrogen (secondary N) is 1. The van der Waals surface area contributed by atoms with Gasteiger partial charge >= 0.3 is 0 Å². The molecule has 1 aromatic rings. The summed E-state index contributed by atoms with van der Waals surface area (Å²) in [7, 11) is 1.55. The van der Waals surface area contributed by atoms with Gasteiger partial charge in [0.2, 0.25) is 0 Å². The van der Waals surface area contributed by atoms with Crippen LogP contribution in [0.2, 0.25) is 0 Å². The zero-order chi connectivity index (χ0) is 13.0. The molecule has 1 amide bonds. The number of amides is 1. The minimum Gasteiger partial charge on any atom is -0.494 e. The lowest BCUT2D eigenvalue weighted by Crippen LogP contribution is -2.37. The topological polar surface area (TPSA) is 51.2 Å². The third-order valence-electron chi connectivity index (χ3n) is 3.24. The van der Waals surface area contributed by atoms with Gasteiger partial charge in [-0.2, -0.15) is 0 Å². The largest absolute Gasteiger partial charge is 0.494 e. The summed E-state index contributed by atoms with van der Waals surface area (Å²) in [6, 6.07) is 1.95. The average Bonchev–Trinajstić information content (AvgIpc) is 2.41. The molecule has 1 aliphatic rings. The predicted octanol–water partition coefficient (Wildman–Crippen LogP) is 2.53. The van der Waals surface area contributed by atoms with Gasteiger partial charge in [0.15, 0.2) is 0 Å². The van der Waals surface area contributed by atoms with Crippen molar-refractivity contribution < 1.29 is 9.53 Å². The fourth-order valence-corrected chi connectivity index (χ4v) is 2.72. The van der Waals surface area contributed by atoms with E-state index in [1.54, 1.807) is 25.6 Å². The number of halogens is 1. The molecule has 1 heterocycles. The first-order valence-electron chi connectivity index (χ1n) is 6.13. The number of pyridine rings is 1. The minimum atomic E-state index is -0.0766. The highest BCUT2D eigenvalue weighted by molar-refractivity contribution is 9.09. The highest BCUT2D eigenvalue weighted by Gasteiger charge is 2.22. The van der Waals surface area contributed by atoms with Crippen molar-refractivity contribution in [2.24, 2.45) is 0 Å². The van der Waals surface area contributed by atoms with E-state index in [-0.39, 0.29) is 11.9 Å². The number of carbonyl (C=O) groups excluding carboxylic acids is 1. The van der Waals surface area contributed by atoms with Crippen molar-refractivity contribution in [3.8, 4) is 5.75 Å². The SMILES string of the molecule is COc1cnccc1C(=O)NC1CCC(Br)CC1. The zero-order valence-electron chi connectivity index (χ0n) is 10.4. The molecule has 0 spiro atoms. The van der Waals surface area contributed by atoms with Crippen molar-refractivity contribution >= 4 is 21.8 Å². The molecule has 0 atom stereocenters. The summed E-state index contributed by atoms with van der Waals surface area (Å²) in [4.78, 5) is 16.7. The van der Waals surface area contributed by atoms with Crippen LogP contribution in [0.15, 0.2) is 18.5 Å². The maximum atomic E-state index is 12.1. The third-order valence-corrected chi connectivity index (χ3v) is 4.16. The van der Waals surface area contributed by atoms with Crippen LogP contribution in [0.4, 0.5) is 0 Å². The summed E-state index contributed by atoms with van der Waals surface area (Å²) in [6.45, 7) is 0. The van der Waals surface area contributed by atoms with E-state index in [4.69, 9.17) is 4.74 Å². The second kappa shape index (κ2) is 6.18. The molecule has 1 aromatic heterocycles. The van der Waals surface area contributed by atoms with E-state index in [2.05, 4.69) is 26.2 Å². The molecule has 4 nitrogen and oxygen atoms in total. The van der Waals surface area contributed by atoms with Gasteiger partial charge in [0.1, 0.15) is 5.75 Å². The van der Waals surface area contributed by atoms with Gasteiger partial charge in [0.05, 0.1) is 18.9 Å². The molecule has 0 unspecified atom stereocenters. The summed E-state index contributed by atoms with van der Waals surface area (Å²) >= 11 is 3.61. The van der Waals surface area contributed by atoms with Crippen LogP contribution in [0.5, 0.6) is 5.75 Å². The van der Waals surface area contributed by atoms with Gasteiger partial charge in [-0.25, -0.2) is 0 Å². The lowest BCUT2D eigenvalue weighted by atomic mass is 9.95. The molecule has 1 saturated carbocycles. The van der Waals surface area contributed by atoms with Crippen LogP contribution in [-0.4, -0.2) is 28.9 Å². The molecule has 1 N–H and O–H groups in total. The number of hydrogen-bond acceptors (Lipinski definition) is 3. The van der Waals surface area contributed by atoms with Crippen LogP contribution >= 0.6 is 15.9 Å². The monoisotopic (exact) mass is 312 g/mol. The number of hydrogen-bond donors (Lipinski definition) is 1. The second-order valence-electron chi connectivity index (χ2n) is 4.50. The predicted molar refractivity (Wildman–Crippen MR) is 73.2 cm³/mol. The van der Waals surface area contributed by atoms with Gasteiger partial charge in [-0.3, -0.25) is 9.78 Å². The van der Waals surface area contributed by atoms with Crippen LogP contribution in [0.25, 0.3) is 0 Å². The Morgan fingerprint density at radius 1 is 1.44 bits per heavy atom. The van der Waals surface area contributed by atoms with Gasteiger partial charge in [0.25, 0.3) is 5.91 Å². The van der Waals surface area contributed by atoms with Gasteiger partial charge in [-0.15, -0.1) is 0 Å². The molecule has 1 fully saturated rings. The van der Waals surface area contributed by atoms with Gasteiger partial charge in [-0.1, -0.05) is 15.9 Å². The maximum Gasteiger partial charge on any atom is 0.255 e. The molecule has 0 radical (unpaired) electrons. The minimum absolute atomic E-state index is 0.0766. The molecule has 2 rings (SSSR count). The summed E-state index contributed by atoms with van der Waals surface area (Å²) in [5.74, 6) is 0.441. The van der Waals surface area contributed by atoms with Crippen molar-refractivity contribution in [2.45, 2.75) is 36.6 Å². The Hall–Kier alpha value is -1.10. The van der Waals surface area contributed by atoms with Gasteiger partial charge < -0.3 is 10.1 Å². The Morgan fingerprint density at radius 2 is 2.17 bits per heavy atom. The molecular weight excluding hydrogens is 296 g/mol. The first kappa shape index (κ1) is 13.3. The molecule has 5 heteroatoms. The molecule has 1 aliphatic carbocycles. The quantitative estimate of drug-likeness (QED) is 0.873. The molecular formula is C13H17BrN2O2. The van der Waals surface area contributed by atoms with E-state index in [1.807, 2.05) is 0 Å². The molecule has 18 heavy (non-hydrogen) atoms. The lowest BCUT2D eigenvalue weighted by Gasteiger charge is -2.26. The highest BCUT2D eigenvalue weighted by Crippen LogP contribution is 2.25. The van der Waals surface area contributed by atoms with Crippen LogP contribution in [0.1, 0.15) is 36.0 Å². The first-order valence-corrected chi connectivity index (χ1v) is 7.05. The van der Waals surface area contributed by atoms with E-state index in [0.29, 0.717) is 16.1 Å². The second-order valence-corrected chi connectivity index (χ2v) is 5.79. The maximum absolute atomic E-state index is 12.1. The number of alkyl halides is 1. The Morgan fingerprint density at radius 3 is 2.83 bits per heavy atom. The summed E-state index contributed by atoms with van der Waals surface area (Å²) in [6.07, 6.45) is 7.43. The molecule has 0 bridgehead atoms. The number of rotatable bonds is 3. The lowest BCUT2D eigenvalue weighted by molar-refractivity contribution is 0.0925. The van der Waals surface area contributed by atoms with Gasteiger partial charge in [-0.05, 0) is 31.7 Å². The first-order chi connectivity index (χ1) is 8.70. The molecule has 98 valence electrons. The van der Waals surface area contributed by atoms with Crippen LogP contribution < -0.4 is 10.1 Å². The summed E-state index contributed by atoms with van der Waals surface area (Å²) in [5, 5.41) is 3.06. The summed E-state index contributed by atoms with van der Waals surface area (Å²) < 4.78 is 5.14. The fourth-order valence-electron chi connectivity index (χ4n) is 2.19. The molecule has 0 aliphatic heterocycles. The number of carbonyl (C=O) groups is 1. The van der Waals surface area contributed by atoms with E-state index in [1.165, 1.54) is 0 Å². The Labute approximate surface area is 115 Å². The van der Waals surface area contributed by atoms with Crippen LogP contribution in [-0.2, 0) is 0 Å². The van der Waals surface area contributed by atoms with E-state index >= 15 is 0 Å². The third kappa shape index (κ3) is 3.22. The van der Waals surface area contributed by atoms with Crippen LogP contribution in [0, 0.1) is 0 Å². The van der Waals surface area contributed by atoms with Crippen molar-refractivity contribution in [1.29, 1.82) is 0 Å². The van der Waals surface area contributed by atoms with E-state index < -0.39 is 0 Å². The van der Waals surface area contributed by atoms with Crippen molar-refractivity contribution in [3.63, 3.8) is 0 Å². The normalized spacial score (nSPS) is 23.4. The average molecular weight is 313 g/mol. The Balaban J connectivity index is 1.99. The Kier molecular flexibility index (Phi) is 4.58. The number of ether oxygens (including phenoxy) is 1. The fraction of sp³-hybridized carbons (Fsp3) is 0.538. The van der Waals surface area contributed by atoms with E-state index in [9.17, 15) is 4.79 Å². The number of methoxy groups -OCH3 is 1. The smallest absolute Gasteiger partial charge is 0.255 e. The van der Waals surface area contributed by atoms with Crippen molar-refractivity contribution in [3.05, 3.63) is 24.0 Å². The summed E-state index contributed by atoms with van der Waals surface area (Å²) in [5.41, 5.74) is 0.550. The highest BCUT2D eigenvalue weighted by atomic mass is 79.9. The standard InChI is InChI=1S/C13H17BrN2O2/c1-18-12-8-15-7-6-11(12)13(17)16-10-4-2-9(14)3-5-10/h6-10H,2-5H2,1H3,(H,16,17).